The molecule has 0 spiro atoms. The number of nitrogens with zero attached hydrogens (tertiary/aromatic N) is 1. The summed E-state index contributed by atoms with van der Waals surface area (Å²) in [5, 5.41) is 8.88. The van der Waals surface area contributed by atoms with Crippen LogP contribution < -0.4 is 4.72 Å². The highest BCUT2D eigenvalue weighted by Crippen LogP contribution is 2.14. The number of aromatic nitrogens is 1. The number of sulfonamides is 1. The van der Waals surface area contributed by atoms with Crippen molar-refractivity contribution in [2.45, 2.75) is 18.4 Å². The minimum absolute atomic E-state index is 0.0754. The lowest BCUT2D eigenvalue weighted by Crippen LogP contribution is -2.23. The molecule has 0 bridgehead atoms. The minimum Gasteiger partial charge on any atom is -0.477 e. The number of hydrogen-bond donors (Lipinski definition) is 2. The summed E-state index contributed by atoms with van der Waals surface area (Å²) in [6, 6.07) is 1.10. The Bertz CT molecular complexity index is 566. The Morgan fingerprint density at radius 2 is 2.29 bits per heavy atom. The second-order valence-corrected chi connectivity index (χ2v) is 4.95. The van der Waals surface area contributed by atoms with Gasteiger partial charge in [0.05, 0.1) is 6.54 Å². The smallest absolute Gasteiger partial charge is 0.352 e. The van der Waals surface area contributed by atoms with E-state index in [-0.39, 0.29) is 17.1 Å². The largest absolute Gasteiger partial charge is 0.477 e. The Hall–Kier alpha value is -1.78. The molecule has 7 heteroatoms. The third-order valence-electron chi connectivity index (χ3n) is 2.11. The predicted molar refractivity (Wildman–Crippen MR) is 61.1 cm³/mol. The van der Waals surface area contributed by atoms with E-state index >= 15 is 0 Å². The highest BCUT2D eigenvalue weighted by molar-refractivity contribution is 7.89. The van der Waals surface area contributed by atoms with Crippen LogP contribution in [0.25, 0.3) is 0 Å². The van der Waals surface area contributed by atoms with Gasteiger partial charge in [-0.1, -0.05) is 5.92 Å². The number of carboxylic acids is 1. The molecule has 1 rings (SSSR count). The van der Waals surface area contributed by atoms with Crippen molar-refractivity contribution < 1.29 is 18.3 Å². The Morgan fingerprint density at radius 3 is 2.71 bits per heavy atom. The number of aryl methyl sites for hydroxylation is 1. The zero-order valence-corrected chi connectivity index (χ0v) is 9.99. The maximum atomic E-state index is 11.7. The summed E-state index contributed by atoms with van der Waals surface area (Å²) in [4.78, 5) is 10.8. The molecule has 0 radical (unpaired) electrons. The van der Waals surface area contributed by atoms with Gasteiger partial charge in [0.25, 0.3) is 0 Å². The lowest BCUT2D eigenvalue weighted by Gasteiger charge is -2.00. The summed E-state index contributed by atoms with van der Waals surface area (Å²) in [5.41, 5.74) is -0.0754. The van der Waals surface area contributed by atoms with Crippen molar-refractivity contribution in [3.8, 4) is 12.3 Å². The molecule has 0 aliphatic rings. The quantitative estimate of drug-likeness (QED) is 0.732. The van der Waals surface area contributed by atoms with E-state index in [0.29, 0.717) is 6.54 Å². The van der Waals surface area contributed by atoms with Crippen LogP contribution in [0.15, 0.2) is 17.2 Å². The third kappa shape index (κ3) is 2.87. The van der Waals surface area contributed by atoms with Crippen LogP contribution in [-0.4, -0.2) is 30.6 Å². The Labute approximate surface area is 99.3 Å². The van der Waals surface area contributed by atoms with Crippen molar-refractivity contribution in [3.63, 3.8) is 0 Å². The molecular weight excluding hydrogens is 244 g/mol. The van der Waals surface area contributed by atoms with E-state index in [1.165, 1.54) is 10.8 Å². The first-order chi connectivity index (χ1) is 7.92. The molecule has 0 saturated carbocycles. The lowest BCUT2D eigenvalue weighted by atomic mass is 10.4. The van der Waals surface area contributed by atoms with Gasteiger partial charge in [0, 0.05) is 12.7 Å². The van der Waals surface area contributed by atoms with E-state index in [1.54, 1.807) is 6.92 Å². The molecule has 1 aromatic rings. The van der Waals surface area contributed by atoms with Crippen molar-refractivity contribution in [1.82, 2.24) is 9.29 Å². The van der Waals surface area contributed by atoms with Gasteiger partial charge in [-0.25, -0.2) is 13.2 Å². The van der Waals surface area contributed by atoms with Gasteiger partial charge in [-0.2, -0.15) is 4.72 Å². The van der Waals surface area contributed by atoms with Crippen LogP contribution in [0.4, 0.5) is 0 Å². The van der Waals surface area contributed by atoms with Crippen molar-refractivity contribution in [2.24, 2.45) is 0 Å². The molecule has 17 heavy (non-hydrogen) atoms. The van der Waals surface area contributed by atoms with Crippen LogP contribution in [0.3, 0.4) is 0 Å². The Morgan fingerprint density at radius 1 is 1.65 bits per heavy atom. The number of terminal acetylenes is 1. The Kier molecular flexibility index (Phi) is 3.93. The molecule has 0 aliphatic carbocycles. The molecule has 0 atom stereocenters. The number of nitrogens with one attached hydrogen (secondary N) is 1. The van der Waals surface area contributed by atoms with Crippen molar-refractivity contribution in [1.29, 1.82) is 0 Å². The summed E-state index contributed by atoms with van der Waals surface area (Å²) in [7, 11) is -3.74. The van der Waals surface area contributed by atoms with E-state index in [1.807, 2.05) is 0 Å². The molecule has 0 fully saturated rings. The zero-order chi connectivity index (χ0) is 13.1. The van der Waals surface area contributed by atoms with E-state index in [9.17, 15) is 13.2 Å². The van der Waals surface area contributed by atoms with Gasteiger partial charge in [0.2, 0.25) is 10.0 Å². The highest BCUT2D eigenvalue weighted by Gasteiger charge is 2.20. The van der Waals surface area contributed by atoms with Crippen molar-refractivity contribution in [2.75, 3.05) is 6.54 Å². The van der Waals surface area contributed by atoms with Crippen molar-refractivity contribution in [3.05, 3.63) is 18.0 Å². The van der Waals surface area contributed by atoms with Crippen molar-refractivity contribution >= 4 is 16.0 Å². The van der Waals surface area contributed by atoms with Gasteiger partial charge in [0.15, 0.2) is 0 Å². The van der Waals surface area contributed by atoms with Crippen LogP contribution in [-0.2, 0) is 16.6 Å². The average molecular weight is 256 g/mol. The van der Waals surface area contributed by atoms with E-state index in [4.69, 9.17) is 11.5 Å². The van der Waals surface area contributed by atoms with E-state index < -0.39 is 16.0 Å². The standard InChI is InChI=1S/C10H12N2O4S/c1-3-5-11-17(15,16)8-6-9(10(13)14)12(4-2)7-8/h1,6-7,11H,4-5H2,2H3,(H,13,14). The van der Waals surface area contributed by atoms with Gasteiger partial charge < -0.3 is 9.67 Å². The third-order valence-corrected chi connectivity index (χ3v) is 3.47. The van der Waals surface area contributed by atoms with E-state index in [2.05, 4.69) is 10.6 Å². The molecular formula is C10H12N2O4S. The molecule has 6 nitrogen and oxygen atoms in total. The van der Waals surface area contributed by atoms with Crippen LogP contribution >= 0.6 is 0 Å². The first-order valence-corrected chi connectivity index (χ1v) is 6.27. The summed E-state index contributed by atoms with van der Waals surface area (Å²) < 4.78 is 26.9. The van der Waals surface area contributed by atoms with E-state index in [0.717, 1.165) is 6.07 Å². The molecule has 2 N–H and O–H groups in total. The minimum atomic E-state index is -3.74. The second-order valence-electron chi connectivity index (χ2n) is 3.18. The Balaban J connectivity index is 3.17. The van der Waals surface area contributed by atoms with Crippen LogP contribution in [0.5, 0.6) is 0 Å². The van der Waals surface area contributed by atoms with Crippen LogP contribution in [0.1, 0.15) is 17.4 Å². The summed E-state index contributed by atoms with van der Waals surface area (Å²) in [5.74, 6) is 0.963. The monoisotopic (exact) mass is 256 g/mol. The SMILES string of the molecule is C#CCNS(=O)(=O)c1cc(C(=O)O)n(CC)c1. The maximum absolute atomic E-state index is 11.7. The van der Waals surface area contributed by atoms with Crippen LogP contribution in [0.2, 0.25) is 0 Å². The number of rotatable bonds is 5. The van der Waals surface area contributed by atoms with Gasteiger partial charge in [-0.15, -0.1) is 6.42 Å². The number of carboxylic acid groups (broad SMARTS) is 1. The normalized spacial score (nSPS) is 11.1. The molecule has 0 unspecified atom stereocenters. The lowest BCUT2D eigenvalue weighted by molar-refractivity contribution is 0.0685. The summed E-state index contributed by atoms with van der Waals surface area (Å²) >= 11 is 0. The zero-order valence-electron chi connectivity index (χ0n) is 9.17. The van der Waals surface area contributed by atoms with Crippen LogP contribution in [0, 0.1) is 12.3 Å². The molecule has 92 valence electrons. The summed E-state index contributed by atoms with van der Waals surface area (Å²) in [6.45, 7) is 1.95. The number of carbonyl (C=O) groups is 1. The fraction of sp³-hybridized carbons (Fsp3) is 0.300. The fourth-order valence-electron chi connectivity index (χ4n) is 1.29. The molecule has 0 saturated heterocycles. The van der Waals surface area contributed by atoms with Gasteiger partial charge in [0.1, 0.15) is 10.6 Å². The first kappa shape index (κ1) is 13.3. The van der Waals surface area contributed by atoms with Gasteiger partial charge >= 0.3 is 5.97 Å². The second kappa shape index (κ2) is 5.03. The fourth-order valence-corrected chi connectivity index (χ4v) is 2.26. The molecule has 0 amide bonds. The summed E-state index contributed by atoms with van der Waals surface area (Å²) in [6.07, 6.45) is 6.21. The average Bonchev–Trinajstić information content (AvgIpc) is 2.71. The molecule has 0 aliphatic heterocycles. The topological polar surface area (TPSA) is 88.4 Å². The first-order valence-electron chi connectivity index (χ1n) is 4.79. The number of hydrogen-bond acceptors (Lipinski definition) is 3. The molecule has 0 aromatic carbocycles. The number of aromatic carboxylic acids is 1. The molecule has 1 heterocycles. The predicted octanol–water partition coefficient (Wildman–Crippen LogP) is 0.118. The highest BCUT2D eigenvalue weighted by atomic mass is 32.2. The maximum Gasteiger partial charge on any atom is 0.352 e. The van der Waals surface area contributed by atoms with Gasteiger partial charge in [-0.3, -0.25) is 0 Å². The molecule has 1 aromatic heterocycles. The van der Waals surface area contributed by atoms with Gasteiger partial charge in [-0.05, 0) is 13.0 Å².